The van der Waals surface area contributed by atoms with Crippen molar-refractivity contribution in [3.63, 3.8) is 0 Å². The van der Waals surface area contributed by atoms with Crippen molar-refractivity contribution in [3.8, 4) is 0 Å². The number of halogens is 2. The number of hydrogen-bond donors (Lipinski definition) is 1. The molecule has 4 nitrogen and oxygen atoms in total. The van der Waals surface area contributed by atoms with Crippen molar-refractivity contribution in [1.29, 1.82) is 0 Å². The van der Waals surface area contributed by atoms with Crippen molar-refractivity contribution in [1.82, 2.24) is 5.32 Å². The zero-order valence-corrected chi connectivity index (χ0v) is 16.9. The van der Waals surface area contributed by atoms with Crippen LogP contribution in [0.2, 0.25) is 10.0 Å². The maximum absolute atomic E-state index is 13.1. The van der Waals surface area contributed by atoms with E-state index in [9.17, 15) is 8.42 Å². The van der Waals surface area contributed by atoms with Crippen LogP contribution in [-0.2, 0) is 9.84 Å². The van der Waals surface area contributed by atoms with Gasteiger partial charge in [0, 0.05) is 36.9 Å². The fourth-order valence-corrected chi connectivity index (χ4v) is 7.06. The van der Waals surface area contributed by atoms with Gasteiger partial charge < -0.3 is 10.2 Å². The molecule has 1 N–H and O–H groups in total. The van der Waals surface area contributed by atoms with E-state index in [0.717, 1.165) is 36.6 Å². The molecule has 1 aliphatic rings. The van der Waals surface area contributed by atoms with Gasteiger partial charge in [-0.3, -0.25) is 0 Å². The Balaban J connectivity index is 1.94. The summed E-state index contributed by atoms with van der Waals surface area (Å²) in [5.74, 6) is 0. The second-order valence-electron chi connectivity index (χ2n) is 6.05. The summed E-state index contributed by atoms with van der Waals surface area (Å²) >= 11 is 14.3. The first-order valence-electron chi connectivity index (χ1n) is 8.15. The summed E-state index contributed by atoms with van der Waals surface area (Å²) in [6, 6.07) is 10.1. The first kappa shape index (κ1) is 18.1. The lowest BCUT2D eigenvalue weighted by Crippen LogP contribution is -2.43. The second kappa shape index (κ2) is 7.02. The minimum absolute atomic E-state index is 0.238. The Kier molecular flexibility index (Phi) is 4.88. The fourth-order valence-electron chi connectivity index (χ4n) is 3.21. The monoisotopic (exact) mass is 426 g/mol. The van der Waals surface area contributed by atoms with Gasteiger partial charge in [0.15, 0.2) is 0 Å². The van der Waals surface area contributed by atoms with Gasteiger partial charge in [-0.25, -0.2) is 8.42 Å². The molecule has 0 amide bonds. The number of benzene rings is 2. The Morgan fingerprint density at radius 3 is 2.42 bits per heavy atom. The summed E-state index contributed by atoms with van der Waals surface area (Å²) in [6.07, 6.45) is 0. The van der Waals surface area contributed by atoms with Crippen molar-refractivity contribution in [2.24, 2.45) is 0 Å². The average molecular weight is 427 g/mol. The minimum Gasteiger partial charge on any atom is -0.367 e. The van der Waals surface area contributed by atoms with Crippen LogP contribution in [-0.4, -0.2) is 34.6 Å². The number of nitrogens with zero attached hydrogens (tertiary/aromatic N) is 1. The molecule has 8 heteroatoms. The molecule has 26 heavy (non-hydrogen) atoms. The van der Waals surface area contributed by atoms with Crippen LogP contribution in [0.3, 0.4) is 0 Å². The van der Waals surface area contributed by atoms with Crippen LogP contribution in [0, 0.1) is 0 Å². The number of piperazine rings is 1. The fraction of sp³-hybridized carbons (Fsp3) is 0.222. The predicted octanol–water partition coefficient (Wildman–Crippen LogP) is 4.45. The number of sulfone groups is 1. The molecule has 1 saturated heterocycles. The van der Waals surface area contributed by atoms with Gasteiger partial charge in [-0.1, -0.05) is 41.4 Å². The summed E-state index contributed by atoms with van der Waals surface area (Å²) < 4.78 is 27.1. The van der Waals surface area contributed by atoms with Crippen LogP contribution in [0.4, 0.5) is 5.69 Å². The van der Waals surface area contributed by atoms with Gasteiger partial charge in [0.1, 0.15) is 0 Å². The van der Waals surface area contributed by atoms with Gasteiger partial charge in [-0.05, 0) is 18.2 Å². The van der Waals surface area contributed by atoms with E-state index >= 15 is 0 Å². The molecule has 0 bridgehead atoms. The predicted molar refractivity (Wildman–Crippen MR) is 109 cm³/mol. The smallest absolute Gasteiger partial charge is 0.208 e. The number of anilines is 1. The lowest BCUT2D eigenvalue weighted by Gasteiger charge is -2.30. The Bertz CT molecular complexity index is 1060. The molecule has 0 radical (unpaired) electrons. The lowest BCUT2D eigenvalue weighted by atomic mass is 10.2. The SMILES string of the molecule is O=S(=O)(c1ccccc1)c1csc2c(N3CCNCC3)c(Cl)cc(Cl)c12. The Labute approximate surface area is 166 Å². The van der Waals surface area contributed by atoms with Crippen molar-refractivity contribution in [2.75, 3.05) is 31.1 Å². The van der Waals surface area contributed by atoms with Crippen LogP contribution < -0.4 is 10.2 Å². The van der Waals surface area contributed by atoms with E-state index in [4.69, 9.17) is 23.2 Å². The molecule has 0 spiro atoms. The van der Waals surface area contributed by atoms with Gasteiger partial charge in [0.2, 0.25) is 9.84 Å². The summed E-state index contributed by atoms with van der Waals surface area (Å²) in [5.41, 5.74) is 0.868. The van der Waals surface area contributed by atoms with E-state index in [2.05, 4.69) is 10.2 Å². The number of hydrogen-bond acceptors (Lipinski definition) is 5. The molecule has 2 aromatic carbocycles. The molecule has 0 saturated carbocycles. The first-order valence-corrected chi connectivity index (χ1v) is 11.3. The molecule has 0 unspecified atom stereocenters. The van der Waals surface area contributed by atoms with Crippen molar-refractivity contribution in [2.45, 2.75) is 9.79 Å². The standard InChI is InChI=1S/C18H16Cl2N2O2S2/c19-13-10-14(20)17(22-8-6-21-7-9-22)18-16(13)15(11-25-18)26(23,24)12-4-2-1-3-5-12/h1-5,10-11,21H,6-9H2. The zero-order valence-electron chi connectivity index (χ0n) is 13.7. The molecule has 136 valence electrons. The first-order chi connectivity index (χ1) is 12.5. The van der Waals surface area contributed by atoms with Crippen molar-refractivity contribution >= 4 is 60.1 Å². The summed E-state index contributed by atoms with van der Waals surface area (Å²) in [7, 11) is -3.65. The Morgan fingerprint density at radius 2 is 1.73 bits per heavy atom. The molecule has 1 aliphatic heterocycles. The van der Waals surface area contributed by atoms with E-state index in [1.807, 2.05) is 0 Å². The summed E-state index contributed by atoms with van der Waals surface area (Å²) in [4.78, 5) is 2.68. The second-order valence-corrected chi connectivity index (χ2v) is 9.66. The minimum atomic E-state index is -3.65. The normalized spacial score (nSPS) is 15.5. The maximum atomic E-state index is 13.1. The van der Waals surface area contributed by atoms with Gasteiger partial charge in [0.25, 0.3) is 0 Å². The van der Waals surface area contributed by atoms with Gasteiger partial charge in [-0.2, -0.15) is 0 Å². The molecular formula is C18H16Cl2N2O2S2. The third-order valence-corrected chi connectivity index (χ3v) is 7.98. The van der Waals surface area contributed by atoms with E-state index < -0.39 is 9.84 Å². The largest absolute Gasteiger partial charge is 0.367 e. The van der Waals surface area contributed by atoms with Crippen LogP contribution in [0.5, 0.6) is 0 Å². The Hall–Kier alpha value is -1.31. The number of fused-ring (bicyclic) bond motifs is 1. The Morgan fingerprint density at radius 1 is 1.04 bits per heavy atom. The van der Waals surface area contributed by atoms with E-state index in [0.29, 0.717) is 15.4 Å². The highest BCUT2D eigenvalue weighted by Crippen LogP contribution is 2.46. The van der Waals surface area contributed by atoms with E-state index in [1.54, 1.807) is 41.8 Å². The zero-order chi connectivity index (χ0) is 18.3. The highest BCUT2D eigenvalue weighted by molar-refractivity contribution is 7.92. The molecule has 2 heterocycles. The van der Waals surface area contributed by atoms with E-state index in [-0.39, 0.29) is 9.79 Å². The quantitative estimate of drug-likeness (QED) is 0.671. The molecule has 1 aromatic heterocycles. The van der Waals surface area contributed by atoms with Crippen LogP contribution in [0.1, 0.15) is 0 Å². The molecule has 3 aromatic rings. The number of nitrogens with one attached hydrogen (secondary N) is 1. The van der Waals surface area contributed by atoms with Crippen LogP contribution in [0.25, 0.3) is 10.1 Å². The lowest BCUT2D eigenvalue weighted by molar-refractivity contribution is 0.590. The average Bonchev–Trinajstić information content (AvgIpc) is 3.09. The van der Waals surface area contributed by atoms with Gasteiger partial charge >= 0.3 is 0 Å². The molecule has 1 fully saturated rings. The maximum Gasteiger partial charge on any atom is 0.208 e. The molecule has 0 aliphatic carbocycles. The van der Waals surface area contributed by atoms with Gasteiger partial charge in [0.05, 0.1) is 30.2 Å². The third-order valence-electron chi connectivity index (χ3n) is 4.47. The topological polar surface area (TPSA) is 49.4 Å². The third kappa shape index (κ3) is 3.00. The number of thiophene rings is 1. The van der Waals surface area contributed by atoms with Crippen LogP contribution in [0.15, 0.2) is 51.6 Å². The molecular weight excluding hydrogens is 411 g/mol. The van der Waals surface area contributed by atoms with Gasteiger partial charge in [-0.15, -0.1) is 11.3 Å². The number of rotatable bonds is 3. The molecule has 0 atom stereocenters. The van der Waals surface area contributed by atoms with E-state index in [1.165, 1.54) is 11.3 Å². The van der Waals surface area contributed by atoms with Crippen molar-refractivity contribution < 1.29 is 8.42 Å². The molecule has 4 rings (SSSR count). The summed E-state index contributed by atoms with van der Waals surface area (Å²) in [6.45, 7) is 3.35. The van der Waals surface area contributed by atoms with Crippen molar-refractivity contribution in [3.05, 3.63) is 51.8 Å². The highest BCUT2D eigenvalue weighted by Gasteiger charge is 2.27. The summed E-state index contributed by atoms with van der Waals surface area (Å²) in [5, 5.41) is 6.44. The van der Waals surface area contributed by atoms with Crippen LogP contribution >= 0.6 is 34.5 Å². The highest BCUT2D eigenvalue weighted by atomic mass is 35.5.